The Morgan fingerprint density at radius 3 is 2.14 bits per heavy atom. The molecular formula is C6H14B. The molecule has 0 saturated carbocycles. The lowest BCUT2D eigenvalue weighted by molar-refractivity contribution is 1.00. The summed E-state index contributed by atoms with van der Waals surface area (Å²) in [4.78, 5) is 0. The number of hydrogen-bond donors (Lipinski definition) is 0. The molecule has 0 spiro atoms. The highest BCUT2D eigenvalue weighted by Crippen LogP contribution is 2.00. The van der Waals surface area contributed by atoms with Crippen LogP contribution in [0.5, 0.6) is 0 Å². The van der Waals surface area contributed by atoms with Crippen molar-refractivity contribution >= 4 is 7.28 Å². The van der Waals surface area contributed by atoms with Crippen LogP contribution >= 0.6 is 0 Å². The number of rotatable bonds is 3. The third-order valence-electron chi connectivity index (χ3n) is 0.927. The van der Waals surface area contributed by atoms with E-state index in [0.717, 1.165) is 5.82 Å². The van der Waals surface area contributed by atoms with Crippen molar-refractivity contribution in [1.82, 2.24) is 0 Å². The first kappa shape index (κ1) is 7.06. The summed E-state index contributed by atoms with van der Waals surface area (Å²) in [6.45, 7) is 6.64. The Morgan fingerprint density at radius 2 is 2.00 bits per heavy atom. The average Bonchev–Trinajstić information content (AvgIpc) is 1.61. The Kier molecular flexibility index (Phi) is 4.27. The highest BCUT2D eigenvalue weighted by Gasteiger charge is 1.91. The molecule has 0 aromatic heterocycles. The van der Waals surface area contributed by atoms with Crippen LogP contribution in [0.15, 0.2) is 0 Å². The first-order valence-electron chi connectivity index (χ1n) is 3.10. The third kappa shape index (κ3) is 6.06. The van der Waals surface area contributed by atoms with Crippen LogP contribution in [0.3, 0.4) is 0 Å². The van der Waals surface area contributed by atoms with Gasteiger partial charge in [0, 0.05) is 0 Å². The second kappa shape index (κ2) is 4.23. The zero-order valence-corrected chi connectivity index (χ0v) is 5.57. The molecule has 0 aliphatic heterocycles. The van der Waals surface area contributed by atoms with E-state index in [0.29, 0.717) is 0 Å². The Bertz CT molecular complexity index is 33.2. The fourth-order valence-corrected chi connectivity index (χ4v) is 0.500. The van der Waals surface area contributed by atoms with Crippen molar-refractivity contribution in [1.29, 1.82) is 0 Å². The van der Waals surface area contributed by atoms with Gasteiger partial charge < -0.3 is 0 Å². The van der Waals surface area contributed by atoms with Crippen LogP contribution in [0.2, 0.25) is 12.1 Å². The molecule has 0 saturated heterocycles. The van der Waals surface area contributed by atoms with Gasteiger partial charge in [-0.05, 0) is 0 Å². The van der Waals surface area contributed by atoms with Crippen LogP contribution in [0.25, 0.3) is 0 Å². The van der Waals surface area contributed by atoms with Gasteiger partial charge in [0.2, 0.25) is 0 Å². The summed E-state index contributed by atoms with van der Waals surface area (Å²) in [6.07, 6.45) is 2.57. The largest absolute Gasteiger partial charge is 0.112 e. The summed E-state index contributed by atoms with van der Waals surface area (Å²) < 4.78 is 0. The molecule has 7 heavy (non-hydrogen) atoms. The molecule has 0 aliphatic rings. The van der Waals surface area contributed by atoms with E-state index in [2.05, 4.69) is 28.1 Å². The zero-order chi connectivity index (χ0) is 5.70. The first-order chi connectivity index (χ1) is 3.27. The molecule has 0 aliphatic carbocycles. The molecular weight excluding hydrogens is 82.9 g/mol. The molecule has 0 amide bonds. The molecule has 41 valence electrons. The van der Waals surface area contributed by atoms with Crippen LogP contribution in [-0.4, -0.2) is 7.28 Å². The second-order valence-corrected chi connectivity index (χ2v) is 2.27. The van der Waals surface area contributed by atoms with Crippen molar-refractivity contribution in [2.75, 3.05) is 0 Å². The minimum absolute atomic E-state index is 0.778. The molecule has 0 rings (SSSR count). The van der Waals surface area contributed by atoms with Crippen LogP contribution in [0, 0.1) is 0 Å². The maximum Gasteiger partial charge on any atom is 0.112 e. The molecule has 1 heteroatoms. The molecule has 0 aromatic carbocycles. The Balaban J connectivity index is 2.68. The molecule has 0 bridgehead atoms. The summed E-state index contributed by atoms with van der Waals surface area (Å²) >= 11 is 0. The van der Waals surface area contributed by atoms with Crippen LogP contribution in [0.1, 0.15) is 27.2 Å². The smallest absolute Gasteiger partial charge is 0.0802 e. The van der Waals surface area contributed by atoms with Gasteiger partial charge in [0.1, 0.15) is 7.28 Å². The van der Waals surface area contributed by atoms with E-state index in [1.165, 1.54) is 12.7 Å². The predicted molar refractivity (Wildman–Crippen MR) is 35.9 cm³/mol. The lowest BCUT2D eigenvalue weighted by atomic mass is 9.63. The molecule has 0 atom stereocenters. The van der Waals surface area contributed by atoms with Gasteiger partial charge in [-0.25, -0.2) is 0 Å². The van der Waals surface area contributed by atoms with Gasteiger partial charge in [-0.3, -0.25) is 0 Å². The fourth-order valence-electron chi connectivity index (χ4n) is 0.500. The average molecular weight is 97.0 g/mol. The highest BCUT2D eigenvalue weighted by molar-refractivity contribution is 6.37. The van der Waals surface area contributed by atoms with Crippen molar-refractivity contribution in [2.24, 2.45) is 0 Å². The van der Waals surface area contributed by atoms with E-state index in [9.17, 15) is 0 Å². The monoisotopic (exact) mass is 97.1 g/mol. The van der Waals surface area contributed by atoms with Crippen molar-refractivity contribution in [3.05, 3.63) is 0 Å². The van der Waals surface area contributed by atoms with E-state index in [-0.39, 0.29) is 0 Å². The fraction of sp³-hybridized carbons (Fsp3) is 1.00. The van der Waals surface area contributed by atoms with Gasteiger partial charge in [-0.1, -0.05) is 39.3 Å². The SMILES string of the molecule is CCC[B]C(C)C. The van der Waals surface area contributed by atoms with Crippen molar-refractivity contribution in [2.45, 2.75) is 39.3 Å². The molecule has 0 nitrogen and oxygen atoms in total. The van der Waals surface area contributed by atoms with Crippen molar-refractivity contribution in [3.8, 4) is 0 Å². The lowest BCUT2D eigenvalue weighted by Gasteiger charge is -1.96. The van der Waals surface area contributed by atoms with Gasteiger partial charge in [0.15, 0.2) is 0 Å². The predicted octanol–water partition coefficient (Wildman–Crippen LogP) is 2.35. The van der Waals surface area contributed by atoms with Crippen molar-refractivity contribution < 1.29 is 0 Å². The van der Waals surface area contributed by atoms with Gasteiger partial charge in [0.25, 0.3) is 0 Å². The van der Waals surface area contributed by atoms with Crippen molar-refractivity contribution in [3.63, 3.8) is 0 Å². The van der Waals surface area contributed by atoms with E-state index in [4.69, 9.17) is 0 Å². The molecule has 0 fully saturated rings. The Hall–Kier alpha value is 0.0649. The standard InChI is InChI=1S/C6H14B/c1-4-5-7-6(2)3/h6H,4-5H2,1-3H3. The number of hydrogen-bond acceptors (Lipinski definition) is 0. The minimum Gasteiger partial charge on any atom is -0.0802 e. The Labute approximate surface area is 47.6 Å². The molecule has 0 N–H and O–H groups in total. The van der Waals surface area contributed by atoms with E-state index in [1.807, 2.05) is 0 Å². The third-order valence-corrected chi connectivity index (χ3v) is 0.927. The summed E-state index contributed by atoms with van der Waals surface area (Å²) in [5.41, 5.74) is 0. The van der Waals surface area contributed by atoms with E-state index < -0.39 is 0 Å². The Morgan fingerprint density at radius 1 is 1.43 bits per heavy atom. The van der Waals surface area contributed by atoms with E-state index in [1.54, 1.807) is 0 Å². The first-order valence-corrected chi connectivity index (χ1v) is 3.10. The summed E-state index contributed by atoms with van der Waals surface area (Å²) in [6, 6.07) is 0. The lowest BCUT2D eigenvalue weighted by Crippen LogP contribution is -1.91. The molecule has 0 unspecified atom stereocenters. The quantitative estimate of drug-likeness (QED) is 0.474. The van der Waals surface area contributed by atoms with Gasteiger partial charge in [-0.15, -0.1) is 0 Å². The highest BCUT2D eigenvalue weighted by atomic mass is 13.7. The van der Waals surface area contributed by atoms with Gasteiger partial charge in [-0.2, -0.15) is 0 Å². The summed E-state index contributed by atoms with van der Waals surface area (Å²) in [5, 5.41) is 0. The normalized spacial score (nSPS) is 9.71. The van der Waals surface area contributed by atoms with E-state index >= 15 is 0 Å². The zero-order valence-electron chi connectivity index (χ0n) is 5.57. The molecule has 1 radical (unpaired) electrons. The van der Waals surface area contributed by atoms with Crippen LogP contribution < -0.4 is 0 Å². The minimum atomic E-state index is 0.778. The van der Waals surface area contributed by atoms with Crippen LogP contribution in [-0.2, 0) is 0 Å². The summed E-state index contributed by atoms with van der Waals surface area (Å²) in [7, 11) is 2.35. The summed E-state index contributed by atoms with van der Waals surface area (Å²) in [5.74, 6) is 0.778. The van der Waals surface area contributed by atoms with Gasteiger partial charge in [0.05, 0.1) is 0 Å². The maximum atomic E-state index is 2.35. The second-order valence-electron chi connectivity index (χ2n) is 2.27. The van der Waals surface area contributed by atoms with Gasteiger partial charge >= 0.3 is 0 Å². The molecule has 0 heterocycles. The maximum absolute atomic E-state index is 2.35. The van der Waals surface area contributed by atoms with Crippen LogP contribution in [0.4, 0.5) is 0 Å². The molecule has 0 aromatic rings. The topological polar surface area (TPSA) is 0 Å².